The summed E-state index contributed by atoms with van der Waals surface area (Å²) in [5, 5.41) is 25.9. The van der Waals surface area contributed by atoms with Crippen molar-refractivity contribution in [1.82, 2.24) is 0 Å². The minimum atomic E-state index is -0.0764. The lowest BCUT2D eigenvalue weighted by atomic mass is 10.2. The molecule has 0 saturated carbocycles. The zero-order valence-electron chi connectivity index (χ0n) is 8.74. The normalized spacial score (nSPS) is 9.06. The minimum absolute atomic E-state index is 0.0764. The Morgan fingerprint density at radius 2 is 1.12 bits per heavy atom. The number of aliphatic hydroxyl groups is 1. The molecule has 0 radical (unpaired) electrons. The molecule has 16 heavy (non-hydrogen) atoms. The molecular formula is C13H14O3. The van der Waals surface area contributed by atoms with E-state index in [1.807, 2.05) is 30.3 Å². The van der Waals surface area contributed by atoms with Crippen LogP contribution < -0.4 is 0 Å². The summed E-state index contributed by atoms with van der Waals surface area (Å²) < 4.78 is 0. The van der Waals surface area contributed by atoms with E-state index in [1.165, 1.54) is 12.1 Å². The highest BCUT2D eigenvalue weighted by atomic mass is 16.3. The smallest absolute Gasteiger partial charge is 0.157 e. The van der Waals surface area contributed by atoms with Gasteiger partial charge in [-0.05, 0) is 17.7 Å². The number of hydrogen-bond acceptors (Lipinski definition) is 3. The average Bonchev–Trinajstić information content (AvgIpc) is 2.35. The molecule has 0 spiro atoms. The zero-order valence-corrected chi connectivity index (χ0v) is 8.74. The number of benzene rings is 2. The van der Waals surface area contributed by atoms with Crippen LogP contribution in [-0.2, 0) is 6.61 Å². The maximum Gasteiger partial charge on any atom is 0.157 e. The quantitative estimate of drug-likeness (QED) is 0.643. The van der Waals surface area contributed by atoms with Gasteiger partial charge in [-0.1, -0.05) is 42.5 Å². The Hall–Kier alpha value is -2.00. The molecule has 0 bridgehead atoms. The van der Waals surface area contributed by atoms with Gasteiger partial charge in [0.1, 0.15) is 0 Å². The van der Waals surface area contributed by atoms with Gasteiger partial charge in [-0.3, -0.25) is 0 Å². The third-order valence-electron chi connectivity index (χ3n) is 1.91. The van der Waals surface area contributed by atoms with Gasteiger partial charge in [0.15, 0.2) is 11.5 Å². The van der Waals surface area contributed by atoms with Gasteiger partial charge in [-0.2, -0.15) is 0 Å². The second kappa shape index (κ2) is 6.48. The first-order valence-electron chi connectivity index (χ1n) is 4.86. The zero-order chi connectivity index (χ0) is 11.8. The molecule has 3 N–H and O–H groups in total. The maximum atomic E-state index is 8.67. The number of rotatable bonds is 1. The Morgan fingerprint density at radius 1 is 0.688 bits per heavy atom. The van der Waals surface area contributed by atoms with Crippen molar-refractivity contribution in [1.29, 1.82) is 0 Å². The monoisotopic (exact) mass is 218 g/mol. The summed E-state index contributed by atoms with van der Waals surface area (Å²) in [5.41, 5.74) is 0.965. The van der Waals surface area contributed by atoms with Crippen LogP contribution in [0.5, 0.6) is 11.5 Å². The molecule has 0 amide bonds. The minimum Gasteiger partial charge on any atom is -0.504 e. The van der Waals surface area contributed by atoms with Gasteiger partial charge in [0.25, 0.3) is 0 Å². The molecular weight excluding hydrogens is 204 g/mol. The number of phenolic OH excluding ortho intramolecular Hbond substituents is 2. The van der Waals surface area contributed by atoms with Gasteiger partial charge in [0, 0.05) is 0 Å². The van der Waals surface area contributed by atoms with Crippen LogP contribution in [0.2, 0.25) is 0 Å². The molecule has 0 aliphatic carbocycles. The predicted molar refractivity (Wildman–Crippen MR) is 62.1 cm³/mol. The lowest BCUT2D eigenvalue weighted by Crippen LogP contribution is -1.77. The van der Waals surface area contributed by atoms with Crippen molar-refractivity contribution in [3.63, 3.8) is 0 Å². The fraction of sp³-hybridized carbons (Fsp3) is 0.0769. The standard InChI is InChI=1S/C7H8O.C6H6O2/c8-6-7-4-2-1-3-5-7;7-5-3-1-2-4-6(5)8/h1-5,8H,6H2;1-4,7-8H. The summed E-state index contributed by atoms with van der Waals surface area (Å²) in [6.45, 7) is 0.140. The lowest BCUT2D eigenvalue weighted by Gasteiger charge is -1.91. The van der Waals surface area contributed by atoms with Crippen molar-refractivity contribution < 1.29 is 15.3 Å². The molecule has 2 aromatic rings. The van der Waals surface area contributed by atoms with Gasteiger partial charge < -0.3 is 15.3 Å². The van der Waals surface area contributed by atoms with Crippen LogP contribution >= 0.6 is 0 Å². The van der Waals surface area contributed by atoms with E-state index in [0.29, 0.717) is 0 Å². The molecule has 3 heteroatoms. The van der Waals surface area contributed by atoms with Crippen LogP contribution in [-0.4, -0.2) is 15.3 Å². The predicted octanol–water partition coefficient (Wildman–Crippen LogP) is 2.28. The van der Waals surface area contributed by atoms with E-state index >= 15 is 0 Å². The summed E-state index contributed by atoms with van der Waals surface area (Å²) >= 11 is 0. The highest BCUT2D eigenvalue weighted by Gasteiger charge is 1.90. The van der Waals surface area contributed by atoms with E-state index in [0.717, 1.165) is 5.56 Å². The van der Waals surface area contributed by atoms with E-state index in [2.05, 4.69) is 0 Å². The van der Waals surface area contributed by atoms with Crippen LogP contribution in [0.4, 0.5) is 0 Å². The van der Waals surface area contributed by atoms with E-state index in [1.54, 1.807) is 12.1 Å². The molecule has 84 valence electrons. The van der Waals surface area contributed by atoms with Crippen LogP contribution in [0.25, 0.3) is 0 Å². The van der Waals surface area contributed by atoms with Crippen molar-refractivity contribution in [2.45, 2.75) is 6.61 Å². The van der Waals surface area contributed by atoms with Gasteiger partial charge in [0.05, 0.1) is 6.61 Å². The van der Waals surface area contributed by atoms with E-state index < -0.39 is 0 Å². The Kier molecular flexibility index (Phi) is 4.89. The van der Waals surface area contributed by atoms with Crippen LogP contribution in [0.1, 0.15) is 5.56 Å². The van der Waals surface area contributed by atoms with Crippen LogP contribution in [0, 0.1) is 0 Å². The summed E-state index contributed by atoms with van der Waals surface area (Å²) in [6.07, 6.45) is 0. The van der Waals surface area contributed by atoms with Gasteiger partial charge >= 0.3 is 0 Å². The molecule has 2 aromatic carbocycles. The molecule has 0 aliphatic heterocycles. The molecule has 0 heterocycles. The second-order valence-corrected chi connectivity index (χ2v) is 3.13. The molecule has 0 unspecified atom stereocenters. The molecule has 0 atom stereocenters. The number of hydrogen-bond donors (Lipinski definition) is 3. The SMILES string of the molecule is OCc1ccccc1.Oc1ccccc1O. The fourth-order valence-electron chi connectivity index (χ4n) is 1.05. The second-order valence-electron chi connectivity index (χ2n) is 3.13. The van der Waals surface area contributed by atoms with Crippen LogP contribution in [0.15, 0.2) is 54.6 Å². The average molecular weight is 218 g/mol. The molecule has 0 aliphatic rings. The third kappa shape index (κ3) is 4.02. The highest BCUT2D eigenvalue weighted by Crippen LogP contribution is 2.21. The van der Waals surface area contributed by atoms with Crippen molar-refractivity contribution in [2.24, 2.45) is 0 Å². The summed E-state index contributed by atoms with van der Waals surface area (Å²) in [7, 11) is 0. The third-order valence-corrected chi connectivity index (χ3v) is 1.91. The van der Waals surface area contributed by atoms with E-state index in [9.17, 15) is 0 Å². The molecule has 2 rings (SSSR count). The first-order chi connectivity index (χ1) is 7.74. The summed E-state index contributed by atoms with van der Waals surface area (Å²) in [5.74, 6) is -0.153. The number of aromatic hydroxyl groups is 2. The molecule has 0 fully saturated rings. The van der Waals surface area contributed by atoms with Crippen molar-refractivity contribution in [3.05, 3.63) is 60.2 Å². The first-order valence-corrected chi connectivity index (χ1v) is 4.86. The Balaban J connectivity index is 0.000000160. The summed E-state index contributed by atoms with van der Waals surface area (Å²) in [4.78, 5) is 0. The molecule has 0 saturated heterocycles. The number of phenols is 2. The largest absolute Gasteiger partial charge is 0.504 e. The van der Waals surface area contributed by atoms with Crippen molar-refractivity contribution in [3.8, 4) is 11.5 Å². The van der Waals surface area contributed by atoms with E-state index in [-0.39, 0.29) is 18.1 Å². The topological polar surface area (TPSA) is 60.7 Å². The van der Waals surface area contributed by atoms with E-state index in [4.69, 9.17) is 15.3 Å². The van der Waals surface area contributed by atoms with Gasteiger partial charge in [-0.25, -0.2) is 0 Å². The Labute approximate surface area is 94.2 Å². The fourth-order valence-corrected chi connectivity index (χ4v) is 1.05. The van der Waals surface area contributed by atoms with Gasteiger partial charge in [0.2, 0.25) is 0 Å². The molecule has 3 nitrogen and oxygen atoms in total. The van der Waals surface area contributed by atoms with Crippen molar-refractivity contribution >= 4 is 0 Å². The van der Waals surface area contributed by atoms with Crippen LogP contribution in [0.3, 0.4) is 0 Å². The van der Waals surface area contributed by atoms with Gasteiger partial charge in [-0.15, -0.1) is 0 Å². The number of aliphatic hydroxyl groups excluding tert-OH is 1. The lowest BCUT2D eigenvalue weighted by molar-refractivity contribution is 0.282. The molecule has 0 aromatic heterocycles. The Bertz CT molecular complexity index is 392. The van der Waals surface area contributed by atoms with Crippen molar-refractivity contribution in [2.75, 3.05) is 0 Å². The maximum absolute atomic E-state index is 8.67. The Morgan fingerprint density at radius 3 is 1.44 bits per heavy atom. The first kappa shape index (κ1) is 12.1. The number of para-hydroxylation sites is 2. The summed E-state index contributed by atoms with van der Waals surface area (Å²) in [6, 6.07) is 15.7. The highest BCUT2D eigenvalue weighted by molar-refractivity contribution is 5.36.